The third-order valence-corrected chi connectivity index (χ3v) is 5.38. The molecule has 0 aliphatic carbocycles. The Hall–Kier alpha value is -3.62. The van der Waals surface area contributed by atoms with E-state index in [9.17, 15) is 9.59 Å². The van der Waals surface area contributed by atoms with Crippen LogP contribution in [0.15, 0.2) is 29.3 Å². The van der Waals surface area contributed by atoms with Crippen molar-refractivity contribution in [3.63, 3.8) is 0 Å². The molecule has 1 aromatic heterocycles. The van der Waals surface area contributed by atoms with Gasteiger partial charge in [0.05, 0.1) is 12.8 Å². The van der Waals surface area contributed by atoms with Crippen LogP contribution in [-0.4, -0.2) is 55.2 Å². The van der Waals surface area contributed by atoms with Gasteiger partial charge in [0.2, 0.25) is 6.29 Å². The standard InChI is InChI=1S/C26H35N3O6/c1-16-17(2)28-29(8)23(16)24(34-18(3)35-25(31)33-15-22(30)32-9)21(14-27-7)19-10-12-20(13-11-19)26(4,5)6/h10-14,18H,15H2,1-9H3/b24-21-,27-14?. The Morgan fingerprint density at radius 1 is 1.14 bits per heavy atom. The van der Waals surface area contributed by atoms with Gasteiger partial charge in [0.15, 0.2) is 12.4 Å². The zero-order chi connectivity index (χ0) is 26.3. The fourth-order valence-electron chi connectivity index (χ4n) is 3.41. The summed E-state index contributed by atoms with van der Waals surface area (Å²) in [6.45, 7) is 11.3. The predicted octanol–water partition coefficient (Wildman–Crippen LogP) is 4.59. The van der Waals surface area contributed by atoms with Crippen LogP contribution in [0.2, 0.25) is 0 Å². The van der Waals surface area contributed by atoms with Crippen LogP contribution in [-0.2, 0) is 36.2 Å². The quantitative estimate of drug-likeness (QED) is 0.233. The zero-order valence-corrected chi connectivity index (χ0v) is 22.0. The van der Waals surface area contributed by atoms with Gasteiger partial charge in [-0.25, -0.2) is 9.59 Å². The second-order valence-electron chi connectivity index (χ2n) is 9.06. The Morgan fingerprint density at radius 2 is 1.77 bits per heavy atom. The molecule has 0 saturated carbocycles. The maximum Gasteiger partial charge on any atom is 0.511 e. The molecule has 0 radical (unpaired) electrons. The van der Waals surface area contributed by atoms with Crippen molar-refractivity contribution >= 4 is 29.7 Å². The largest absolute Gasteiger partial charge is 0.511 e. The van der Waals surface area contributed by atoms with E-state index in [1.807, 2.05) is 33.0 Å². The Morgan fingerprint density at radius 3 is 2.26 bits per heavy atom. The average molecular weight is 486 g/mol. The Bertz CT molecular complexity index is 1110. The average Bonchev–Trinajstić information content (AvgIpc) is 3.05. The van der Waals surface area contributed by atoms with E-state index in [0.717, 1.165) is 22.5 Å². The minimum absolute atomic E-state index is 0.00321. The van der Waals surface area contributed by atoms with Gasteiger partial charge < -0.3 is 18.9 Å². The SMILES string of the molecule is CN=C/C(=C(/OC(C)OC(=O)OCC(=O)OC)c1c(C)c(C)nn1C)c1ccc(C(C)(C)C)cc1. The molecule has 0 saturated heterocycles. The summed E-state index contributed by atoms with van der Waals surface area (Å²) in [5.41, 5.74) is 5.23. The highest BCUT2D eigenvalue weighted by atomic mass is 16.8. The molecule has 1 aromatic carbocycles. The summed E-state index contributed by atoms with van der Waals surface area (Å²) in [7, 11) is 4.69. The van der Waals surface area contributed by atoms with E-state index in [1.165, 1.54) is 12.7 Å². The number of carbonyl (C=O) groups is 2. The lowest BCUT2D eigenvalue weighted by Gasteiger charge is -2.22. The van der Waals surface area contributed by atoms with Crippen molar-refractivity contribution in [3.05, 3.63) is 52.3 Å². The van der Waals surface area contributed by atoms with Gasteiger partial charge in [0.1, 0.15) is 5.69 Å². The van der Waals surface area contributed by atoms with Crippen molar-refractivity contribution in [1.29, 1.82) is 0 Å². The van der Waals surface area contributed by atoms with Crippen LogP contribution in [0.25, 0.3) is 11.3 Å². The molecule has 1 heterocycles. The van der Waals surface area contributed by atoms with Crippen LogP contribution < -0.4 is 0 Å². The smallest absolute Gasteiger partial charge is 0.466 e. The number of allylic oxidation sites excluding steroid dienone is 1. The first-order valence-electron chi connectivity index (χ1n) is 11.2. The van der Waals surface area contributed by atoms with Crippen LogP contribution in [0, 0.1) is 13.8 Å². The number of hydrogen-bond acceptors (Lipinski definition) is 8. The highest BCUT2D eigenvalue weighted by Gasteiger charge is 2.24. The van der Waals surface area contributed by atoms with Gasteiger partial charge >= 0.3 is 12.1 Å². The van der Waals surface area contributed by atoms with E-state index in [-0.39, 0.29) is 5.41 Å². The van der Waals surface area contributed by atoms with Crippen LogP contribution in [0.4, 0.5) is 4.79 Å². The molecule has 0 aliphatic rings. The topological polar surface area (TPSA) is 101 Å². The first-order valence-corrected chi connectivity index (χ1v) is 11.2. The maximum atomic E-state index is 12.0. The van der Waals surface area contributed by atoms with Crippen LogP contribution in [0.5, 0.6) is 0 Å². The van der Waals surface area contributed by atoms with Crippen molar-refractivity contribution in [2.75, 3.05) is 20.8 Å². The number of carbonyl (C=O) groups excluding carboxylic acids is 2. The van der Waals surface area contributed by atoms with Gasteiger partial charge in [0, 0.05) is 38.4 Å². The first kappa shape index (κ1) is 27.6. The Labute approximate surface area is 206 Å². The Balaban J connectivity index is 2.53. The van der Waals surface area contributed by atoms with E-state index in [1.54, 1.807) is 24.9 Å². The molecule has 1 unspecified atom stereocenters. The number of nitrogens with zero attached hydrogens (tertiary/aromatic N) is 3. The Kier molecular flexibility index (Phi) is 9.22. The number of methoxy groups -OCH3 is 1. The number of rotatable bonds is 8. The number of hydrogen-bond donors (Lipinski definition) is 0. The van der Waals surface area contributed by atoms with Gasteiger partial charge in [-0.1, -0.05) is 45.0 Å². The van der Waals surface area contributed by atoms with Gasteiger partial charge in [-0.05, 0) is 30.4 Å². The lowest BCUT2D eigenvalue weighted by Crippen LogP contribution is -2.22. The molecule has 35 heavy (non-hydrogen) atoms. The summed E-state index contributed by atoms with van der Waals surface area (Å²) in [6.07, 6.45) is -0.398. The van der Waals surface area contributed by atoms with Crippen molar-refractivity contribution < 1.29 is 28.5 Å². The molecule has 9 heteroatoms. The molecular formula is C26H35N3O6. The summed E-state index contributed by atoms with van der Waals surface area (Å²) in [5.74, 6) is -0.259. The predicted molar refractivity (Wildman–Crippen MR) is 134 cm³/mol. The van der Waals surface area contributed by atoms with E-state index < -0.39 is 25.0 Å². The molecule has 0 amide bonds. The van der Waals surface area contributed by atoms with Crippen LogP contribution >= 0.6 is 0 Å². The highest BCUT2D eigenvalue weighted by molar-refractivity contribution is 6.18. The van der Waals surface area contributed by atoms with Crippen molar-refractivity contribution in [2.24, 2.45) is 12.0 Å². The molecule has 0 spiro atoms. The van der Waals surface area contributed by atoms with Crippen LogP contribution in [0.3, 0.4) is 0 Å². The molecule has 2 aromatic rings. The normalized spacial score (nSPS) is 13.3. The van der Waals surface area contributed by atoms with E-state index in [0.29, 0.717) is 11.3 Å². The summed E-state index contributed by atoms with van der Waals surface area (Å²) < 4.78 is 22.3. The lowest BCUT2D eigenvalue weighted by atomic mass is 9.86. The van der Waals surface area contributed by atoms with Gasteiger partial charge in [-0.15, -0.1) is 0 Å². The third-order valence-electron chi connectivity index (χ3n) is 5.38. The fourth-order valence-corrected chi connectivity index (χ4v) is 3.41. The fraction of sp³-hybridized carbons (Fsp3) is 0.462. The first-order chi connectivity index (χ1) is 16.4. The highest BCUT2D eigenvalue weighted by Crippen LogP contribution is 2.32. The molecule has 0 bridgehead atoms. The third kappa shape index (κ3) is 7.18. The van der Waals surface area contributed by atoms with Gasteiger partial charge in [0.25, 0.3) is 0 Å². The number of esters is 1. The minimum Gasteiger partial charge on any atom is -0.466 e. The monoisotopic (exact) mass is 485 g/mol. The summed E-state index contributed by atoms with van der Waals surface area (Å²) in [6, 6.07) is 8.16. The van der Waals surface area contributed by atoms with Crippen molar-refractivity contribution in [3.8, 4) is 0 Å². The maximum absolute atomic E-state index is 12.0. The molecule has 0 fully saturated rings. The molecular weight excluding hydrogens is 450 g/mol. The molecule has 2 rings (SSSR count). The second kappa shape index (κ2) is 11.7. The van der Waals surface area contributed by atoms with E-state index >= 15 is 0 Å². The molecule has 0 N–H and O–H groups in total. The zero-order valence-electron chi connectivity index (χ0n) is 22.0. The van der Waals surface area contributed by atoms with Gasteiger partial charge in [-0.3, -0.25) is 9.67 Å². The number of benzene rings is 1. The van der Waals surface area contributed by atoms with E-state index in [4.69, 9.17) is 14.2 Å². The van der Waals surface area contributed by atoms with E-state index in [2.05, 4.69) is 47.7 Å². The number of aryl methyl sites for hydroxylation is 2. The van der Waals surface area contributed by atoms with Crippen molar-refractivity contribution in [1.82, 2.24) is 9.78 Å². The summed E-state index contributed by atoms with van der Waals surface area (Å²) in [5, 5.41) is 4.51. The molecule has 1 atom stereocenters. The molecule has 190 valence electrons. The van der Waals surface area contributed by atoms with Crippen LogP contribution in [0.1, 0.15) is 55.8 Å². The number of ether oxygens (including phenoxy) is 4. The number of aromatic nitrogens is 2. The summed E-state index contributed by atoms with van der Waals surface area (Å²) in [4.78, 5) is 27.5. The summed E-state index contributed by atoms with van der Waals surface area (Å²) >= 11 is 0. The van der Waals surface area contributed by atoms with Gasteiger partial charge in [-0.2, -0.15) is 5.10 Å². The van der Waals surface area contributed by atoms with Crippen molar-refractivity contribution in [2.45, 2.75) is 53.2 Å². The molecule has 0 aliphatic heterocycles. The minimum atomic E-state index is -1.06. The number of aliphatic imine (C=N–C) groups is 1. The lowest BCUT2D eigenvalue weighted by molar-refractivity contribution is -0.146. The second-order valence-corrected chi connectivity index (χ2v) is 9.06. The molecule has 9 nitrogen and oxygen atoms in total.